The highest BCUT2D eigenvalue weighted by Gasteiger charge is 2.25. The second-order valence-electron chi connectivity index (χ2n) is 6.32. The van der Waals surface area contributed by atoms with Gasteiger partial charge in [-0.1, -0.05) is 25.0 Å². The summed E-state index contributed by atoms with van der Waals surface area (Å²) >= 11 is 0. The number of H-pyrrole nitrogens is 1. The van der Waals surface area contributed by atoms with Crippen molar-refractivity contribution in [2.75, 3.05) is 6.54 Å². The Kier molecular flexibility index (Phi) is 4.80. The summed E-state index contributed by atoms with van der Waals surface area (Å²) in [6.45, 7) is 0.244. The molecule has 2 unspecified atom stereocenters. The van der Waals surface area contributed by atoms with Crippen LogP contribution in [0.5, 0.6) is 0 Å². The molecule has 128 valence electrons. The molecule has 1 saturated carbocycles. The highest BCUT2D eigenvalue weighted by atomic mass is 16.2. The van der Waals surface area contributed by atoms with Crippen LogP contribution in [0.1, 0.15) is 25.7 Å². The predicted molar refractivity (Wildman–Crippen MR) is 91.8 cm³/mol. The highest BCUT2D eigenvalue weighted by Crippen LogP contribution is 2.23. The molecule has 7 heteroatoms. The van der Waals surface area contributed by atoms with Gasteiger partial charge in [-0.15, -0.1) is 0 Å². The van der Waals surface area contributed by atoms with Crippen LogP contribution in [-0.2, 0) is 11.3 Å². The summed E-state index contributed by atoms with van der Waals surface area (Å²) in [7, 11) is 0. The Balaban J connectivity index is 1.80. The quantitative estimate of drug-likeness (QED) is 0.750. The van der Waals surface area contributed by atoms with Gasteiger partial charge in [0.15, 0.2) is 0 Å². The number of hydrogen-bond acceptors (Lipinski definition) is 4. The SMILES string of the molecule is NCC1CCCCC1NC(=O)Cn1c(=O)[nH]c2ccccc2c1=O. The zero-order valence-corrected chi connectivity index (χ0v) is 13.5. The molecule has 0 radical (unpaired) electrons. The number of nitrogens with two attached hydrogens (primary N) is 1. The van der Waals surface area contributed by atoms with Gasteiger partial charge in [-0.3, -0.25) is 14.2 Å². The van der Waals surface area contributed by atoms with Gasteiger partial charge < -0.3 is 16.0 Å². The molecule has 7 nitrogen and oxygen atoms in total. The largest absolute Gasteiger partial charge is 0.351 e. The molecule has 3 rings (SSSR count). The van der Waals surface area contributed by atoms with Crippen molar-refractivity contribution >= 4 is 16.8 Å². The van der Waals surface area contributed by atoms with E-state index in [1.165, 1.54) is 0 Å². The lowest BCUT2D eigenvalue weighted by Gasteiger charge is -2.31. The predicted octanol–water partition coefficient (Wildman–Crippen LogP) is 0.324. The van der Waals surface area contributed by atoms with Crippen LogP contribution >= 0.6 is 0 Å². The fraction of sp³-hybridized carbons (Fsp3) is 0.471. The monoisotopic (exact) mass is 330 g/mol. The van der Waals surface area contributed by atoms with Crippen molar-refractivity contribution in [2.24, 2.45) is 11.7 Å². The standard InChI is InChI=1S/C17H22N4O3/c18-9-11-5-1-3-7-13(11)19-15(22)10-21-16(23)12-6-2-4-8-14(12)20-17(21)24/h2,4,6,8,11,13H,1,3,5,7,9-10,18H2,(H,19,22)(H,20,24). The van der Waals surface area contributed by atoms with E-state index in [4.69, 9.17) is 5.73 Å². The maximum atomic E-state index is 12.4. The minimum absolute atomic E-state index is 0.0199. The van der Waals surface area contributed by atoms with E-state index in [1.54, 1.807) is 24.3 Å². The van der Waals surface area contributed by atoms with Crippen LogP contribution in [0.25, 0.3) is 10.9 Å². The van der Waals surface area contributed by atoms with Gasteiger partial charge in [-0.25, -0.2) is 4.79 Å². The van der Waals surface area contributed by atoms with Crippen molar-refractivity contribution in [1.29, 1.82) is 0 Å². The number of carbonyl (C=O) groups excluding carboxylic acids is 1. The lowest BCUT2D eigenvalue weighted by molar-refractivity contribution is -0.123. The van der Waals surface area contributed by atoms with Crippen LogP contribution in [-0.4, -0.2) is 28.0 Å². The van der Waals surface area contributed by atoms with Crippen LogP contribution < -0.4 is 22.3 Å². The number of para-hydroxylation sites is 1. The Morgan fingerprint density at radius 3 is 2.79 bits per heavy atom. The van der Waals surface area contributed by atoms with Crippen LogP contribution in [0.4, 0.5) is 0 Å². The maximum Gasteiger partial charge on any atom is 0.329 e. The zero-order valence-electron chi connectivity index (χ0n) is 13.5. The molecule has 0 aliphatic heterocycles. The van der Waals surface area contributed by atoms with Crippen molar-refractivity contribution in [3.8, 4) is 0 Å². The topological polar surface area (TPSA) is 110 Å². The molecular weight excluding hydrogens is 308 g/mol. The second-order valence-corrected chi connectivity index (χ2v) is 6.32. The number of hydrogen-bond donors (Lipinski definition) is 3. The Hall–Kier alpha value is -2.41. The molecule has 1 fully saturated rings. The summed E-state index contributed by atoms with van der Waals surface area (Å²) in [5, 5.41) is 3.33. The van der Waals surface area contributed by atoms with Gasteiger partial charge in [0.25, 0.3) is 5.56 Å². The number of nitrogens with one attached hydrogen (secondary N) is 2. The van der Waals surface area contributed by atoms with Gasteiger partial charge >= 0.3 is 5.69 Å². The summed E-state index contributed by atoms with van der Waals surface area (Å²) in [5.41, 5.74) is 5.21. The van der Waals surface area contributed by atoms with Crippen LogP contribution in [0.2, 0.25) is 0 Å². The molecule has 4 N–H and O–H groups in total. The van der Waals surface area contributed by atoms with Crippen LogP contribution in [0, 0.1) is 5.92 Å². The fourth-order valence-electron chi connectivity index (χ4n) is 3.42. The normalized spacial score (nSPS) is 20.9. The average molecular weight is 330 g/mol. The maximum absolute atomic E-state index is 12.4. The Labute approximate surface area is 138 Å². The molecule has 1 amide bonds. The van der Waals surface area contributed by atoms with E-state index in [2.05, 4.69) is 10.3 Å². The number of amides is 1. The lowest BCUT2D eigenvalue weighted by Crippen LogP contribution is -2.48. The van der Waals surface area contributed by atoms with Gasteiger partial charge in [0.2, 0.25) is 5.91 Å². The van der Waals surface area contributed by atoms with E-state index in [9.17, 15) is 14.4 Å². The first-order valence-electron chi connectivity index (χ1n) is 8.31. The van der Waals surface area contributed by atoms with Crippen molar-refractivity contribution in [3.05, 3.63) is 45.1 Å². The van der Waals surface area contributed by atoms with E-state index in [1.807, 2.05) is 0 Å². The van der Waals surface area contributed by atoms with Crippen molar-refractivity contribution in [3.63, 3.8) is 0 Å². The molecule has 1 aliphatic rings. The summed E-state index contributed by atoms with van der Waals surface area (Å²) in [6.07, 6.45) is 4.06. The van der Waals surface area contributed by atoms with E-state index in [0.29, 0.717) is 17.4 Å². The first kappa shape index (κ1) is 16.4. The summed E-state index contributed by atoms with van der Waals surface area (Å²) in [6, 6.07) is 6.78. The summed E-state index contributed by atoms with van der Waals surface area (Å²) < 4.78 is 0.942. The third kappa shape index (κ3) is 3.26. The molecule has 0 bridgehead atoms. The summed E-state index contributed by atoms with van der Waals surface area (Å²) in [4.78, 5) is 39.5. The van der Waals surface area contributed by atoms with E-state index >= 15 is 0 Å². The second kappa shape index (κ2) is 7.00. The number of benzene rings is 1. The van der Waals surface area contributed by atoms with Crippen molar-refractivity contribution < 1.29 is 4.79 Å². The van der Waals surface area contributed by atoms with Crippen molar-refractivity contribution in [2.45, 2.75) is 38.3 Å². The fourth-order valence-corrected chi connectivity index (χ4v) is 3.42. The number of aromatic nitrogens is 2. The Morgan fingerprint density at radius 2 is 2.00 bits per heavy atom. The Bertz CT molecular complexity index is 855. The first-order chi connectivity index (χ1) is 11.6. The number of aromatic amines is 1. The van der Waals surface area contributed by atoms with Gasteiger partial charge in [0.1, 0.15) is 6.54 Å². The smallest absolute Gasteiger partial charge is 0.329 e. The van der Waals surface area contributed by atoms with E-state index < -0.39 is 11.2 Å². The molecule has 0 saturated heterocycles. The molecule has 2 aromatic rings. The minimum atomic E-state index is -0.576. The molecule has 1 aromatic carbocycles. The Morgan fingerprint density at radius 1 is 1.25 bits per heavy atom. The molecule has 1 heterocycles. The van der Waals surface area contributed by atoms with E-state index in [-0.39, 0.29) is 24.4 Å². The molecule has 24 heavy (non-hydrogen) atoms. The highest BCUT2D eigenvalue weighted by molar-refractivity contribution is 5.79. The molecule has 1 aromatic heterocycles. The molecular formula is C17H22N4O3. The van der Waals surface area contributed by atoms with Gasteiger partial charge in [-0.05, 0) is 37.4 Å². The molecule has 0 spiro atoms. The third-order valence-electron chi connectivity index (χ3n) is 4.75. The van der Waals surface area contributed by atoms with Crippen LogP contribution in [0.3, 0.4) is 0 Å². The van der Waals surface area contributed by atoms with Gasteiger partial charge in [0.05, 0.1) is 10.9 Å². The number of rotatable bonds is 4. The average Bonchev–Trinajstić information content (AvgIpc) is 2.59. The molecule has 1 aliphatic carbocycles. The van der Waals surface area contributed by atoms with Gasteiger partial charge in [-0.2, -0.15) is 0 Å². The number of fused-ring (bicyclic) bond motifs is 1. The number of nitrogens with zero attached hydrogens (tertiary/aromatic N) is 1. The van der Waals surface area contributed by atoms with Crippen molar-refractivity contribution in [1.82, 2.24) is 14.9 Å². The minimum Gasteiger partial charge on any atom is -0.351 e. The van der Waals surface area contributed by atoms with Crippen LogP contribution in [0.15, 0.2) is 33.9 Å². The van der Waals surface area contributed by atoms with E-state index in [0.717, 1.165) is 30.3 Å². The van der Waals surface area contributed by atoms with Gasteiger partial charge in [0, 0.05) is 6.04 Å². The lowest BCUT2D eigenvalue weighted by atomic mass is 9.84. The third-order valence-corrected chi connectivity index (χ3v) is 4.75. The zero-order chi connectivity index (χ0) is 17.1. The summed E-state index contributed by atoms with van der Waals surface area (Å²) in [5.74, 6) is -0.0717. The number of carbonyl (C=O) groups is 1. The first-order valence-corrected chi connectivity index (χ1v) is 8.31. The molecule has 2 atom stereocenters.